The molecule has 0 aliphatic rings. The summed E-state index contributed by atoms with van der Waals surface area (Å²) in [5, 5.41) is 0. The summed E-state index contributed by atoms with van der Waals surface area (Å²) >= 11 is 3.09. The highest BCUT2D eigenvalue weighted by Gasteiger charge is 2.15. The van der Waals surface area contributed by atoms with Gasteiger partial charge in [-0.3, -0.25) is 0 Å². The molecule has 3 aromatic rings. The van der Waals surface area contributed by atoms with Gasteiger partial charge in [-0.05, 0) is 46.4 Å². The van der Waals surface area contributed by atoms with Crippen LogP contribution in [0.4, 0.5) is 8.78 Å². The van der Waals surface area contributed by atoms with Crippen LogP contribution in [0.15, 0.2) is 71.7 Å². The minimum absolute atomic E-state index is 0.0927. The number of hydrogen-bond donors (Lipinski definition) is 0. The van der Waals surface area contributed by atoms with Crippen LogP contribution in [0.3, 0.4) is 0 Å². The molecule has 0 aliphatic carbocycles. The lowest BCUT2D eigenvalue weighted by atomic mass is 9.95. The van der Waals surface area contributed by atoms with E-state index in [4.69, 9.17) is 0 Å². The van der Waals surface area contributed by atoms with Crippen LogP contribution in [0.2, 0.25) is 0 Å². The van der Waals surface area contributed by atoms with Gasteiger partial charge >= 0.3 is 0 Å². The Hall–Kier alpha value is -2.26. The van der Waals surface area contributed by atoms with Gasteiger partial charge in [0.2, 0.25) is 0 Å². The maximum atomic E-state index is 14.2. The molecule has 0 saturated heterocycles. The normalized spacial score (nSPS) is 10.8. The van der Waals surface area contributed by atoms with Crippen molar-refractivity contribution in [3.63, 3.8) is 0 Å². The molecule has 132 valence electrons. The Kier molecular flexibility index (Phi) is 5.67. The largest absolute Gasteiger partial charge is 0.206 e. The zero-order chi connectivity index (χ0) is 18.7. The fourth-order valence-corrected chi connectivity index (χ4v) is 3.39. The highest BCUT2D eigenvalue weighted by Crippen LogP contribution is 2.30. The van der Waals surface area contributed by atoms with Crippen LogP contribution in [-0.2, 0) is 6.42 Å². The highest BCUT2D eigenvalue weighted by molar-refractivity contribution is 9.10. The Balaban J connectivity index is 1.87. The number of aryl methyl sites for hydroxylation is 1. The minimum Gasteiger partial charge on any atom is -0.206 e. The second-order valence-electron chi connectivity index (χ2n) is 6.25. The van der Waals surface area contributed by atoms with Gasteiger partial charge in [0, 0.05) is 4.47 Å². The molecule has 0 aliphatic heterocycles. The van der Waals surface area contributed by atoms with Gasteiger partial charge in [-0.1, -0.05) is 84.4 Å². The van der Waals surface area contributed by atoms with Gasteiger partial charge in [-0.25, -0.2) is 8.78 Å². The first-order valence-electron chi connectivity index (χ1n) is 8.53. The molecule has 0 atom stereocenters. The molecule has 0 N–H and O–H groups in total. The zero-order valence-electron chi connectivity index (χ0n) is 14.5. The van der Waals surface area contributed by atoms with Crippen LogP contribution in [0.5, 0.6) is 0 Å². The average molecular weight is 413 g/mol. The smallest absolute Gasteiger partial charge is 0.135 e. The van der Waals surface area contributed by atoms with E-state index in [-0.39, 0.29) is 5.56 Å². The third kappa shape index (κ3) is 3.94. The summed E-state index contributed by atoms with van der Waals surface area (Å²) in [7, 11) is 0. The summed E-state index contributed by atoms with van der Waals surface area (Å²) < 4.78 is 28.7. The maximum absolute atomic E-state index is 14.2. The van der Waals surface area contributed by atoms with Gasteiger partial charge in [0.05, 0.1) is 5.56 Å². The molecule has 3 rings (SSSR count). The fraction of sp³-hybridized carbons (Fsp3) is 0.130. The predicted molar refractivity (Wildman–Crippen MR) is 108 cm³/mol. The van der Waals surface area contributed by atoms with Gasteiger partial charge in [0.1, 0.15) is 11.6 Å². The van der Waals surface area contributed by atoms with Crippen molar-refractivity contribution in [2.75, 3.05) is 0 Å². The van der Waals surface area contributed by atoms with Crippen molar-refractivity contribution in [2.24, 2.45) is 0 Å². The quantitative estimate of drug-likeness (QED) is 0.409. The Morgan fingerprint density at radius 2 is 1.38 bits per heavy atom. The second-order valence-corrected chi connectivity index (χ2v) is 7.16. The maximum Gasteiger partial charge on any atom is 0.135 e. The molecule has 0 amide bonds. The molecule has 0 unspecified atom stereocenters. The van der Waals surface area contributed by atoms with E-state index < -0.39 is 11.6 Å². The Labute approximate surface area is 161 Å². The van der Waals surface area contributed by atoms with Crippen LogP contribution in [0.25, 0.3) is 16.7 Å². The minimum atomic E-state index is -0.627. The SMILES string of the molecule is C=C(c1ccc(-c2ccc(CCC)cc2)cc1)c1c(F)cc(Br)cc1F. The Morgan fingerprint density at radius 1 is 0.885 bits per heavy atom. The molecular weight excluding hydrogens is 394 g/mol. The van der Waals surface area contributed by atoms with E-state index in [1.807, 2.05) is 24.3 Å². The first kappa shape index (κ1) is 18.5. The zero-order valence-corrected chi connectivity index (χ0v) is 16.1. The van der Waals surface area contributed by atoms with Gasteiger partial charge in [-0.2, -0.15) is 0 Å². The van der Waals surface area contributed by atoms with Crippen LogP contribution in [0, 0.1) is 11.6 Å². The predicted octanol–water partition coefficient (Wildman–Crippen LogP) is 7.41. The van der Waals surface area contributed by atoms with Gasteiger partial charge in [-0.15, -0.1) is 0 Å². The van der Waals surface area contributed by atoms with E-state index >= 15 is 0 Å². The molecule has 0 nitrogen and oxygen atoms in total. The third-order valence-corrected chi connectivity index (χ3v) is 4.83. The van der Waals surface area contributed by atoms with Crippen LogP contribution in [0.1, 0.15) is 30.0 Å². The molecule has 0 aromatic heterocycles. The third-order valence-electron chi connectivity index (χ3n) is 4.37. The first-order valence-corrected chi connectivity index (χ1v) is 9.32. The first-order chi connectivity index (χ1) is 12.5. The highest BCUT2D eigenvalue weighted by atomic mass is 79.9. The van der Waals surface area contributed by atoms with Crippen molar-refractivity contribution in [3.05, 3.63) is 100 Å². The summed E-state index contributed by atoms with van der Waals surface area (Å²) in [5.41, 5.74) is 4.42. The van der Waals surface area contributed by atoms with Crippen molar-refractivity contribution >= 4 is 21.5 Å². The summed E-state index contributed by atoms with van der Waals surface area (Å²) in [6.07, 6.45) is 2.20. The summed E-state index contributed by atoms with van der Waals surface area (Å²) in [6, 6.07) is 18.6. The Morgan fingerprint density at radius 3 is 1.88 bits per heavy atom. The number of halogens is 3. The van der Waals surface area contributed by atoms with Crippen LogP contribution < -0.4 is 0 Å². The van der Waals surface area contributed by atoms with Gasteiger partial charge < -0.3 is 0 Å². The summed E-state index contributed by atoms with van der Waals surface area (Å²) in [6.45, 7) is 6.05. The lowest BCUT2D eigenvalue weighted by molar-refractivity contribution is 0.576. The van der Waals surface area contributed by atoms with Crippen LogP contribution in [-0.4, -0.2) is 0 Å². The van der Waals surface area contributed by atoms with Crippen LogP contribution >= 0.6 is 15.9 Å². The number of rotatable bonds is 5. The molecule has 0 spiro atoms. The summed E-state index contributed by atoms with van der Waals surface area (Å²) in [5.74, 6) is -1.25. The number of benzene rings is 3. The van der Waals surface area contributed by atoms with E-state index in [9.17, 15) is 8.78 Å². The molecule has 0 fully saturated rings. The van der Waals surface area contributed by atoms with E-state index in [1.165, 1.54) is 17.7 Å². The summed E-state index contributed by atoms with van der Waals surface area (Å²) in [4.78, 5) is 0. The van der Waals surface area contributed by atoms with Crippen molar-refractivity contribution in [3.8, 4) is 11.1 Å². The standard InChI is InChI=1S/C23H19BrF2/c1-3-4-16-5-7-18(8-6-16)19-11-9-17(10-12-19)15(2)23-21(25)13-20(24)14-22(23)26/h5-14H,2-4H2,1H3. The van der Waals surface area contributed by atoms with E-state index in [0.717, 1.165) is 24.0 Å². The lowest BCUT2D eigenvalue weighted by Gasteiger charge is -2.11. The second kappa shape index (κ2) is 7.96. The van der Waals surface area contributed by atoms with E-state index in [0.29, 0.717) is 15.6 Å². The molecule has 3 heteroatoms. The number of hydrogen-bond acceptors (Lipinski definition) is 0. The molecule has 26 heavy (non-hydrogen) atoms. The van der Waals surface area contributed by atoms with Gasteiger partial charge in [0.15, 0.2) is 0 Å². The van der Waals surface area contributed by atoms with Gasteiger partial charge in [0.25, 0.3) is 0 Å². The fourth-order valence-electron chi connectivity index (χ4n) is 2.99. The van der Waals surface area contributed by atoms with Crippen molar-refractivity contribution < 1.29 is 8.78 Å². The molecule has 0 saturated carbocycles. The monoisotopic (exact) mass is 412 g/mol. The molecular formula is C23H19BrF2. The topological polar surface area (TPSA) is 0 Å². The van der Waals surface area contributed by atoms with Crippen molar-refractivity contribution in [1.29, 1.82) is 0 Å². The molecule has 0 radical (unpaired) electrons. The van der Waals surface area contributed by atoms with E-state index in [2.05, 4.69) is 53.7 Å². The molecule has 0 heterocycles. The van der Waals surface area contributed by atoms with E-state index in [1.54, 1.807) is 0 Å². The van der Waals surface area contributed by atoms with Crippen molar-refractivity contribution in [1.82, 2.24) is 0 Å². The molecule has 3 aromatic carbocycles. The lowest BCUT2D eigenvalue weighted by Crippen LogP contribution is -1.96. The average Bonchev–Trinajstić information content (AvgIpc) is 2.62. The molecule has 0 bridgehead atoms. The van der Waals surface area contributed by atoms with Crippen molar-refractivity contribution in [2.45, 2.75) is 19.8 Å². The Bertz CT molecular complexity index is 902.